The normalized spacial score (nSPS) is 19.7. The van der Waals surface area contributed by atoms with Crippen LogP contribution >= 0.6 is 0 Å². The van der Waals surface area contributed by atoms with Crippen molar-refractivity contribution in [2.45, 2.75) is 31.9 Å². The molecule has 0 aromatic carbocycles. The summed E-state index contributed by atoms with van der Waals surface area (Å²) in [5.74, 6) is 0.748. The largest absolute Gasteiger partial charge is 0.392 e. The van der Waals surface area contributed by atoms with Gasteiger partial charge in [0.1, 0.15) is 11.9 Å². The average Bonchev–Trinajstić information content (AvgIpc) is 2.46. The third kappa shape index (κ3) is 2.46. The molecule has 1 atom stereocenters. The van der Waals surface area contributed by atoms with Gasteiger partial charge in [-0.2, -0.15) is 0 Å². The number of hydrogen-bond donors (Lipinski definition) is 2. The van der Waals surface area contributed by atoms with E-state index in [9.17, 15) is 9.90 Å². The van der Waals surface area contributed by atoms with Gasteiger partial charge in [0.25, 0.3) is 0 Å². The molecule has 1 aromatic rings. The number of nitrogens with one attached hydrogen (secondary N) is 1. The van der Waals surface area contributed by atoms with E-state index < -0.39 is 0 Å². The Morgan fingerprint density at radius 1 is 1.61 bits per heavy atom. The zero-order chi connectivity index (χ0) is 13.0. The summed E-state index contributed by atoms with van der Waals surface area (Å²) >= 11 is 0. The Kier molecular flexibility index (Phi) is 4.15. The first-order chi connectivity index (χ1) is 8.77. The fourth-order valence-electron chi connectivity index (χ4n) is 2.44. The van der Waals surface area contributed by atoms with E-state index in [0.717, 1.165) is 37.2 Å². The van der Waals surface area contributed by atoms with Crippen LogP contribution in [-0.2, 0) is 11.4 Å². The van der Waals surface area contributed by atoms with Crippen LogP contribution in [0.15, 0.2) is 18.3 Å². The van der Waals surface area contributed by atoms with E-state index in [2.05, 4.69) is 10.3 Å². The van der Waals surface area contributed by atoms with E-state index in [1.54, 1.807) is 19.3 Å². The van der Waals surface area contributed by atoms with E-state index in [1.807, 2.05) is 11.0 Å². The summed E-state index contributed by atoms with van der Waals surface area (Å²) in [4.78, 5) is 18.2. The van der Waals surface area contributed by atoms with Gasteiger partial charge in [0.05, 0.1) is 6.61 Å². The van der Waals surface area contributed by atoms with E-state index in [0.29, 0.717) is 0 Å². The number of hydrogen-bond acceptors (Lipinski definition) is 4. The van der Waals surface area contributed by atoms with Gasteiger partial charge in [-0.1, -0.05) is 6.07 Å². The van der Waals surface area contributed by atoms with Crippen LogP contribution in [0.3, 0.4) is 0 Å². The quantitative estimate of drug-likeness (QED) is 0.826. The number of pyridine rings is 1. The van der Waals surface area contributed by atoms with Crippen LogP contribution in [0, 0.1) is 0 Å². The summed E-state index contributed by atoms with van der Waals surface area (Å²) < 4.78 is 0. The van der Waals surface area contributed by atoms with Gasteiger partial charge in [0, 0.05) is 25.4 Å². The predicted molar refractivity (Wildman–Crippen MR) is 69.2 cm³/mol. The van der Waals surface area contributed by atoms with Crippen LogP contribution < -0.4 is 10.2 Å². The minimum absolute atomic E-state index is 0.0178. The Morgan fingerprint density at radius 2 is 2.44 bits per heavy atom. The molecule has 2 heterocycles. The second-order valence-corrected chi connectivity index (χ2v) is 4.46. The lowest BCUT2D eigenvalue weighted by Crippen LogP contribution is -2.49. The molecule has 18 heavy (non-hydrogen) atoms. The number of nitrogens with zero attached hydrogens (tertiary/aromatic N) is 2. The maximum absolute atomic E-state index is 11.9. The molecule has 0 aliphatic carbocycles. The Balaban J connectivity index is 2.30. The number of likely N-dealkylation sites (N-methyl/N-ethyl adjacent to an activating group) is 1. The van der Waals surface area contributed by atoms with Crippen molar-refractivity contribution < 1.29 is 9.90 Å². The molecule has 2 rings (SSSR count). The van der Waals surface area contributed by atoms with Gasteiger partial charge < -0.3 is 15.3 Å². The highest BCUT2D eigenvalue weighted by atomic mass is 16.3. The van der Waals surface area contributed by atoms with Gasteiger partial charge in [0.2, 0.25) is 5.91 Å². The number of carbonyl (C=O) groups excluding carboxylic acids is 1. The standard InChI is InChI=1S/C13H19N3O2/c1-14-13(18)11-6-2-3-8-16(11)12-10(9-17)5-4-7-15-12/h4-5,7,11,17H,2-3,6,8-9H2,1H3,(H,14,18). The zero-order valence-corrected chi connectivity index (χ0v) is 10.6. The maximum atomic E-state index is 11.9. The van der Waals surface area contributed by atoms with Gasteiger partial charge in [0.15, 0.2) is 0 Å². The number of rotatable bonds is 3. The highest BCUT2D eigenvalue weighted by molar-refractivity contribution is 5.85. The molecular formula is C13H19N3O2. The van der Waals surface area contributed by atoms with E-state index in [1.165, 1.54) is 0 Å². The third-order valence-electron chi connectivity index (χ3n) is 3.36. The number of aliphatic hydroxyl groups excluding tert-OH is 1. The second kappa shape index (κ2) is 5.82. The van der Waals surface area contributed by atoms with Gasteiger partial charge >= 0.3 is 0 Å². The molecule has 1 amide bonds. The monoisotopic (exact) mass is 249 g/mol. The number of aromatic nitrogens is 1. The zero-order valence-electron chi connectivity index (χ0n) is 10.6. The first-order valence-electron chi connectivity index (χ1n) is 6.31. The van der Waals surface area contributed by atoms with Crippen molar-refractivity contribution in [2.75, 3.05) is 18.5 Å². The molecule has 5 heteroatoms. The summed E-state index contributed by atoms with van der Waals surface area (Å²) in [6.45, 7) is 0.752. The number of aliphatic hydroxyl groups is 1. The highest BCUT2D eigenvalue weighted by Crippen LogP contribution is 2.26. The van der Waals surface area contributed by atoms with E-state index >= 15 is 0 Å². The molecule has 0 bridgehead atoms. The molecule has 1 aliphatic heterocycles. The van der Waals surface area contributed by atoms with Crippen LogP contribution in [0.1, 0.15) is 24.8 Å². The van der Waals surface area contributed by atoms with Gasteiger partial charge in [-0.05, 0) is 25.3 Å². The van der Waals surface area contributed by atoms with Crippen LogP contribution in [0.4, 0.5) is 5.82 Å². The molecule has 5 nitrogen and oxygen atoms in total. The first-order valence-corrected chi connectivity index (χ1v) is 6.31. The van der Waals surface area contributed by atoms with Crippen molar-refractivity contribution in [3.63, 3.8) is 0 Å². The Hall–Kier alpha value is -1.62. The molecule has 1 saturated heterocycles. The van der Waals surface area contributed by atoms with Gasteiger partial charge in [-0.25, -0.2) is 4.98 Å². The maximum Gasteiger partial charge on any atom is 0.242 e. The first kappa shape index (κ1) is 12.8. The van der Waals surface area contributed by atoms with E-state index in [-0.39, 0.29) is 18.6 Å². The molecule has 0 radical (unpaired) electrons. The van der Waals surface area contributed by atoms with Crippen LogP contribution in [0.5, 0.6) is 0 Å². The topological polar surface area (TPSA) is 65.5 Å². The Bertz CT molecular complexity index is 422. The molecule has 1 fully saturated rings. The lowest BCUT2D eigenvalue weighted by atomic mass is 10.0. The molecule has 1 unspecified atom stereocenters. The summed E-state index contributed by atoms with van der Waals surface area (Å²) in [6, 6.07) is 3.47. The minimum Gasteiger partial charge on any atom is -0.392 e. The SMILES string of the molecule is CNC(=O)C1CCCCN1c1ncccc1CO. The van der Waals surface area contributed by atoms with Crippen LogP contribution in [0.2, 0.25) is 0 Å². The number of amides is 1. The summed E-state index contributed by atoms with van der Waals surface area (Å²) in [6.07, 6.45) is 4.63. The van der Waals surface area contributed by atoms with Crippen molar-refractivity contribution in [3.8, 4) is 0 Å². The fraction of sp³-hybridized carbons (Fsp3) is 0.538. The number of piperidine rings is 1. The summed E-state index contributed by atoms with van der Waals surface area (Å²) in [5, 5.41) is 12.1. The van der Waals surface area contributed by atoms with Crippen molar-refractivity contribution in [1.29, 1.82) is 0 Å². The predicted octanol–water partition coefficient (Wildman–Crippen LogP) is 0.679. The molecule has 0 spiro atoms. The lowest BCUT2D eigenvalue weighted by Gasteiger charge is -2.36. The third-order valence-corrected chi connectivity index (χ3v) is 3.36. The van der Waals surface area contributed by atoms with Gasteiger partial charge in [-0.3, -0.25) is 4.79 Å². The Morgan fingerprint density at radius 3 is 3.17 bits per heavy atom. The van der Waals surface area contributed by atoms with Crippen LogP contribution in [0.25, 0.3) is 0 Å². The van der Waals surface area contributed by atoms with Crippen molar-refractivity contribution >= 4 is 11.7 Å². The highest BCUT2D eigenvalue weighted by Gasteiger charge is 2.29. The van der Waals surface area contributed by atoms with Crippen molar-refractivity contribution in [2.24, 2.45) is 0 Å². The molecule has 2 N–H and O–H groups in total. The molecule has 1 aliphatic rings. The minimum atomic E-state index is -0.177. The number of carbonyl (C=O) groups is 1. The molecule has 1 aromatic heterocycles. The molecule has 98 valence electrons. The summed E-state index contributed by atoms with van der Waals surface area (Å²) in [7, 11) is 1.65. The van der Waals surface area contributed by atoms with Crippen LogP contribution in [-0.4, -0.2) is 35.6 Å². The van der Waals surface area contributed by atoms with Crippen molar-refractivity contribution in [1.82, 2.24) is 10.3 Å². The molecule has 0 saturated carbocycles. The Labute approximate surface area is 107 Å². The second-order valence-electron chi connectivity index (χ2n) is 4.46. The average molecular weight is 249 g/mol. The lowest BCUT2D eigenvalue weighted by molar-refractivity contribution is -0.122. The van der Waals surface area contributed by atoms with E-state index in [4.69, 9.17) is 0 Å². The number of anilines is 1. The summed E-state index contributed by atoms with van der Waals surface area (Å²) in [5.41, 5.74) is 0.772. The smallest absolute Gasteiger partial charge is 0.242 e. The van der Waals surface area contributed by atoms with Gasteiger partial charge in [-0.15, -0.1) is 0 Å². The van der Waals surface area contributed by atoms with Crippen molar-refractivity contribution in [3.05, 3.63) is 23.9 Å². The fourth-order valence-corrected chi connectivity index (χ4v) is 2.44. The molecular weight excluding hydrogens is 230 g/mol.